The van der Waals surface area contributed by atoms with E-state index in [1.807, 2.05) is 18.2 Å². The van der Waals surface area contributed by atoms with Crippen LogP contribution in [-0.2, 0) is 6.54 Å². The molecule has 0 aromatic heterocycles. The van der Waals surface area contributed by atoms with E-state index in [9.17, 15) is 5.11 Å². The average Bonchev–Trinajstić information content (AvgIpc) is 2.83. The molecular weight excluding hydrogens is 278 g/mol. The number of aliphatic hydroxyl groups is 1. The van der Waals surface area contributed by atoms with Gasteiger partial charge < -0.3 is 14.6 Å². The number of rotatable bonds is 4. The Morgan fingerprint density at radius 1 is 1.23 bits per heavy atom. The Labute approximate surface area is 133 Å². The molecule has 122 valence electrons. The summed E-state index contributed by atoms with van der Waals surface area (Å²) in [5.41, 5.74) is 1.37. The maximum atomic E-state index is 10.0. The fourth-order valence-electron chi connectivity index (χ4n) is 4.40. The van der Waals surface area contributed by atoms with Gasteiger partial charge in [-0.05, 0) is 49.8 Å². The van der Waals surface area contributed by atoms with E-state index in [2.05, 4.69) is 11.8 Å². The van der Waals surface area contributed by atoms with Gasteiger partial charge >= 0.3 is 0 Å². The molecule has 3 atom stereocenters. The SMILES string of the molecule is COc1cccc(OC)c1CN1CC[C@@]2(C)C[C@H](O)CC[C@@H]12. The van der Waals surface area contributed by atoms with Gasteiger partial charge in [0, 0.05) is 12.6 Å². The van der Waals surface area contributed by atoms with Crippen molar-refractivity contribution in [1.29, 1.82) is 0 Å². The van der Waals surface area contributed by atoms with Crippen molar-refractivity contribution in [3.63, 3.8) is 0 Å². The van der Waals surface area contributed by atoms with Gasteiger partial charge in [0.1, 0.15) is 11.5 Å². The van der Waals surface area contributed by atoms with E-state index in [1.54, 1.807) is 14.2 Å². The Hall–Kier alpha value is -1.26. The maximum absolute atomic E-state index is 10.0. The Kier molecular flexibility index (Phi) is 4.33. The predicted octanol–water partition coefficient (Wildman–Crippen LogP) is 2.83. The number of benzene rings is 1. The molecule has 1 aromatic rings. The standard InChI is InChI=1S/C18H27NO3/c1-18-9-10-19(17(18)8-7-13(20)11-18)12-14-15(21-2)5-4-6-16(14)22-3/h4-6,13,17,20H,7-12H2,1-3H3/t13-,17-,18+/m1/s1. The number of nitrogens with zero attached hydrogens (tertiary/aromatic N) is 1. The minimum absolute atomic E-state index is 0.123. The molecule has 1 saturated carbocycles. The van der Waals surface area contributed by atoms with Gasteiger partial charge in [-0.1, -0.05) is 13.0 Å². The first-order valence-corrected chi connectivity index (χ1v) is 8.19. The zero-order valence-electron chi connectivity index (χ0n) is 13.8. The summed E-state index contributed by atoms with van der Waals surface area (Å²) in [5.74, 6) is 1.78. The molecule has 1 aliphatic carbocycles. The van der Waals surface area contributed by atoms with Crippen LogP contribution in [0.25, 0.3) is 0 Å². The van der Waals surface area contributed by atoms with Crippen LogP contribution in [0.3, 0.4) is 0 Å². The Morgan fingerprint density at radius 3 is 2.55 bits per heavy atom. The van der Waals surface area contributed by atoms with Crippen LogP contribution in [0, 0.1) is 5.41 Å². The number of aliphatic hydroxyl groups excluding tert-OH is 1. The average molecular weight is 305 g/mol. The number of hydrogen-bond donors (Lipinski definition) is 1. The van der Waals surface area contributed by atoms with Crippen LogP contribution in [0.15, 0.2) is 18.2 Å². The highest BCUT2D eigenvalue weighted by Crippen LogP contribution is 2.47. The first-order chi connectivity index (χ1) is 10.6. The summed E-state index contributed by atoms with van der Waals surface area (Å²) < 4.78 is 11.1. The molecule has 1 N–H and O–H groups in total. The third-order valence-electron chi connectivity index (χ3n) is 5.58. The highest BCUT2D eigenvalue weighted by atomic mass is 16.5. The summed E-state index contributed by atoms with van der Waals surface area (Å²) in [5, 5.41) is 10.0. The summed E-state index contributed by atoms with van der Waals surface area (Å²) in [6.45, 7) is 4.26. The van der Waals surface area contributed by atoms with Crippen LogP contribution in [0.5, 0.6) is 11.5 Å². The van der Waals surface area contributed by atoms with Crippen LogP contribution < -0.4 is 9.47 Å². The summed E-state index contributed by atoms with van der Waals surface area (Å²) in [6.07, 6.45) is 3.96. The quantitative estimate of drug-likeness (QED) is 0.929. The molecule has 0 radical (unpaired) electrons. The Balaban J connectivity index is 1.83. The lowest BCUT2D eigenvalue weighted by atomic mass is 9.71. The highest BCUT2D eigenvalue weighted by Gasteiger charge is 2.47. The van der Waals surface area contributed by atoms with Crippen molar-refractivity contribution in [1.82, 2.24) is 4.90 Å². The lowest BCUT2D eigenvalue weighted by Gasteiger charge is -2.41. The van der Waals surface area contributed by atoms with Crippen molar-refractivity contribution < 1.29 is 14.6 Å². The highest BCUT2D eigenvalue weighted by molar-refractivity contribution is 5.44. The first kappa shape index (κ1) is 15.6. The zero-order valence-corrected chi connectivity index (χ0v) is 13.8. The van der Waals surface area contributed by atoms with Crippen molar-refractivity contribution in [3.05, 3.63) is 23.8 Å². The smallest absolute Gasteiger partial charge is 0.127 e. The third-order valence-corrected chi connectivity index (χ3v) is 5.58. The van der Waals surface area contributed by atoms with Gasteiger partial charge in [-0.3, -0.25) is 4.90 Å². The van der Waals surface area contributed by atoms with Crippen molar-refractivity contribution >= 4 is 0 Å². The number of ether oxygens (including phenoxy) is 2. The lowest BCUT2D eigenvalue weighted by molar-refractivity contribution is 0.0207. The molecule has 0 unspecified atom stereocenters. The molecule has 0 amide bonds. The van der Waals surface area contributed by atoms with Crippen molar-refractivity contribution in [2.45, 2.75) is 51.3 Å². The van der Waals surface area contributed by atoms with Gasteiger partial charge in [-0.15, -0.1) is 0 Å². The Bertz CT molecular complexity index is 511. The molecule has 4 heteroatoms. The summed E-state index contributed by atoms with van der Waals surface area (Å²) in [6, 6.07) is 6.51. The lowest BCUT2D eigenvalue weighted by Crippen LogP contribution is -2.43. The summed E-state index contributed by atoms with van der Waals surface area (Å²) >= 11 is 0. The van der Waals surface area contributed by atoms with E-state index in [0.717, 1.165) is 55.8 Å². The number of methoxy groups -OCH3 is 2. The van der Waals surface area contributed by atoms with Crippen molar-refractivity contribution in [3.8, 4) is 11.5 Å². The van der Waals surface area contributed by atoms with Crippen LogP contribution in [0.2, 0.25) is 0 Å². The minimum atomic E-state index is -0.123. The topological polar surface area (TPSA) is 41.9 Å². The predicted molar refractivity (Wildman–Crippen MR) is 86.3 cm³/mol. The molecule has 4 nitrogen and oxygen atoms in total. The van der Waals surface area contributed by atoms with Gasteiger partial charge in [0.2, 0.25) is 0 Å². The maximum Gasteiger partial charge on any atom is 0.127 e. The van der Waals surface area contributed by atoms with E-state index >= 15 is 0 Å². The second-order valence-electron chi connectivity index (χ2n) is 6.97. The van der Waals surface area contributed by atoms with Gasteiger partial charge in [0.05, 0.1) is 25.9 Å². The molecule has 0 bridgehead atoms. The number of likely N-dealkylation sites (tertiary alicyclic amines) is 1. The molecule has 22 heavy (non-hydrogen) atoms. The van der Waals surface area contributed by atoms with E-state index in [4.69, 9.17) is 9.47 Å². The van der Waals surface area contributed by atoms with Crippen LogP contribution in [0.4, 0.5) is 0 Å². The van der Waals surface area contributed by atoms with Crippen LogP contribution in [-0.4, -0.2) is 42.9 Å². The van der Waals surface area contributed by atoms with Gasteiger partial charge in [-0.2, -0.15) is 0 Å². The summed E-state index contributed by atoms with van der Waals surface area (Å²) in [7, 11) is 3.42. The number of fused-ring (bicyclic) bond motifs is 1. The zero-order chi connectivity index (χ0) is 15.7. The van der Waals surface area contributed by atoms with Gasteiger partial charge in [0.25, 0.3) is 0 Å². The molecule has 0 spiro atoms. The normalized spacial score (nSPS) is 31.8. The second kappa shape index (κ2) is 6.09. The fourth-order valence-corrected chi connectivity index (χ4v) is 4.40. The van der Waals surface area contributed by atoms with Gasteiger partial charge in [-0.25, -0.2) is 0 Å². The van der Waals surface area contributed by atoms with E-state index in [1.165, 1.54) is 0 Å². The first-order valence-electron chi connectivity index (χ1n) is 8.19. The molecular formula is C18H27NO3. The van der Waals surface area contributed by atoms with Crippen molar-refractivity contribution in [2.24, 2.45) is 5.41 Å². The third kappa shape index (κ3) is 2.70. The van der Waals surface area contributed by atoms with E-state index in [0.29, 0.717) is 6.04 Å². The monoisotopic (exact) mass is 305 g/mol. The number of hydrogen-bond acceptors (Lipinski definition) is 4. The molecule has 1 heterocycles. The molecule has 1 saturated heterocycles. The molecule has 2 fully saturated rings. The molecule has 1 aliphatic heterocycles. The van der Waals surface area contributed by atoms with Gasteiger partial charge in [0.15, 0.2) is 0 Å². The second-order valence-corrected chi connectivity index (χ2v) is 6.97. The minimum Gasteiger partial charge on any atom is -0.496 e. The molecule has 3 rings (SSSR count). The Morgan fingerprint density at radius 2 is 1.91 bits per heavy atom. The molecule has 1 aromatic carbocycles. The molecule has 2 aliphatic rings. The van der Waals surface area contributed by atoms with Crippen LogP contribution >= 0.6 is 0 Å². The van der Waals surface area contributed by atoms with Crippen LogP contribution in [0.1, 0.15) is 38.2 Å². The largest absolute Gasteiger partial charge is 0.496 e. The van der Waals surface area contributed by atoms with E-state index < -0.39 is 0 Å². The summed E-state index contributed by atoms with van der Waals surface area (Å²) in [4.78, 5) is 2.55. The van der Waals surface area contributed by atoms with E-state index in [-0.39, 0.29) is 11.5 Å². The fraction of sp³-hybridized carbons (Fsp3) is 0.667. The van der Waals surface area contributed by atoms with Crippen molar-refractivity contribution in [2.75, 3.05) is 20.8 Å².